The van der Waals surface area contributed by atoms with E-state index in [9.17, 15) is 4.79 Å². The zero-order valence-electron chi connectivity index (χ0n) is 12.5. The van der Waals surface area contributed by atoms with Gasteiger partial charge in [-0.25, -0.2) is 14.6 Å². The predicted molar refractivity (Wildman–Crippen MR) is 76.9 cm³/mol. The summed E-state index contributed by atoms with van der Waals surface area (Å²) in [4.78, 5) is 21.8. The van der Waals surface area contributed by atoms with Crippen LogP contribution in [-0.4, -0.2) is 73.6 Å². The Kier molecular flexibility index (Phi) is 31.3. The molecule has 3 N–H and O–H groups in total. The number of ether oxygens (including phenoxy) is 2. The number of carboxylic acid groups (broad SMARTS) is 1. The Morgan fingerprint density at radius 2 is 1.62 bits per heavy atom. The van der Waals surface area contributed by atoms with Crippen LogP contribution in [0.1, 0.15) is 13.8 Å². The number of carbonyl (C=O) groups excluding carboxylic acids is 1. The second kappa shape index (κ2) is 26.9. The van der Waals surface area contributed by atoms with E-state index in [0.717, 1.165) is 6.08 Å². The van der Waals surface area contributed by atoms with Crippen molar-refractivity contribution in [2.24, 2.45) is 4.99 Å². The molecular weight excluding hydrogens is 282 g/mol. The highest BCUT2D eigenvalue weighted by molar-refractivity contribution is 5.79. The number of aliphatic imine (C=N–C) groups is 1. The van der Waals surface area contributed by atoms with Crippen molar-refractivity contribution in [3.8, 4) is 0 Å². The van der Waals surface area contributed by atoms with Crippen LogP contribution in [0.4, 0.5) is 0 Å². The molecule has 8 nitrogen and oxygen atoms in total. The maximum atomic E-state index is 9.51. The van der Waals surface area contributed by atoms with Crippen LogP contribution in [0.2, 0.25) is 0 Å². The minimum atomic E-state index is -0.891. The molecule has 124 valence electrons. The van der Waals surface area contributed by atoms with Crippen molar-refractivity contribution < 1.29 is 34.4 Å². The van der Waals surface area contributed by atoms with Gasteiger partial charge in [-0.2, -0.15) is 0 Å². The number of allylic oxidation sites excluding steroid dienone is 1. The maximum Gasteiger partial charge on any atom is 0.327 e. The van der Waals surface area contributed by atoms with Gasteiger partial charge in [-0.1, -0.05) is 6.08 Å². The van der Waals surface area contributed by atoms with E-state index in [1.807, 2.05) is 0 Å². The highest BCUT2D eigenvalue weighted by Gasteiger charge is 1.86. The number of aliphatic hydroxyl groups is 2. The van der Waals surface area contributed by atoms with Crippen molar-refractivity contribution in [3.05, 3.63) is 12.2 Å². The molecule has 0 aliphatic heterocycles. The Bertz CT molecular complexity index is 268. The highest BCUT2D eigenvalue weighted by Crippen LogP contribution is 1.76. The summed E-state index contributed by atoms with van der Waals surface area (Å²) in [6.07, 6.45) is 3.95. The van der Waals surface area contributed by atoms with E-state index >= 15 is 0 Å². The Morgan fingerprint density at radius 1 is 1.14 bits per heavy atom. The van der Waals surface area contributed by atoms with Gasteiger partial charge in [-0.3, -0.25) is 0 Å². The maximum absolute atomic E-state index is 9.51. The number of aliphatic carboxylic acids is 1. The number of rotatable bonds is 9. The molecule has 0 unspecified atom stereocenters. The fourth-order valence-corrected chi connectivity index (χ4v) is 0.658. The zero-order valence-corrected chi connectivity index (χ0v) is 12.5. The summed E-state index contributed by atoms with van der Waals surface area (Å²) in [6.45, 7) is 5.72. The summed E-state index contributed by atoms with van der Waals surface area (Å²) >= 11 is 0. The quantitative estimate of drug-likeness (QED) is 0.237. The van der Waals surface area contributed by atoms with Gasteiger partial charge in [0.15, 0.2) is 0 Å². The monoisotopic (exact) mass is 307 g/mol. The lowest BCUT2D eigenvalue weighted by atomic mass is 10.5. The molecule has 0 aliphatic rings. The molecule has 21 heavy (non-hydrogen) atoms. The first-order chi connectivity index (χ1) is 10.1. The smallest absolute Gasteiger partial charge is 0.327 e. The van der Waals surface area contributed by atoms with Crippen LogP contribution < -0.4 is 0 Å². The lowest BCUT2D eigenvalue weighted by Crippen LogP contribution is -2.09. The van der Waals surface area contributed by atoms with Gasteiger partial charge in [0.1, 0.15) is 0 Å². The molecule has 0 fully saturated rings. The van der Waals surface area contributed by atoms with Crippen LogP contribution in [0.15, 0.2) is 17.1 Å². The van der Waals surface area contributed by atoms with Crippen molar-refractivity contribution in [1.29, 1.82) is 0 Å². The molecule has 0 heterocycles. The first-order valence-electron chi connectivity index (χ1n) is 6.37. The summed E-state index contributed by atoms with van der Waals surface area (Å²) in [6, 6.07) is 0. The van der Waals surface area contributed by atoms with E-state index in [0.29, 0.717) is 33.0 Å². The normalized spacial score (nSPS) is 8.95. The summed E-state index contributed by atoms with van der Waals surface area (Å²) in [5.74, 6) is -0.891. The van der Waals surface area contributed by atoms with Crippen molar-refractivity contribution >= 4 is 12.0 Å². The van der Waals surface area contributed by atoms with Crippen molar-refractivity contribution in [3.63, 3.8) is 0 Å². The minimum absolute atomic E-state index is 0.0417. The van der Waals surface area contributed by atoms with Gasteiger partial charge in [0.25, 0.3) is 0 Å². The topological polar surface area (TPSA) is 126 Å². The molecule has 0 atom stereocenters. The molecule has 0 aromatic heterocycles. The van der Waals surface area contributed by atoms with Gasteiger partial charge >= 0.3 is 5.97 Å². The van der Waals surface area contributed by atoms with Gasteiger partial charge in [-0.15, -0.1) is 0 Å². The number of hydrogen-bond acceptors (Lipinski definition) is 7. The fourth-order valence-electron chi connectivity index (χ4n) is 0.658. The Labute approximate surface area is 124 Å². The van der Waals surface area contributed by atoms with Crippen LogP contribution in [-0.2, 0) is 19.1 Å². The standard InChI is InChI=1S/C6H14O4.C4H6O2.C3H5NO/c7-1-3-9-5-6-10-4-2-8;1-2-3-4(5)6;1-2-4-3-5/h7-8H,1-6H2;2-3H,1H3,(H,5,6);2H2,1H3/b;3-2+;. The van der Waals surface area contributed by atoms with Crippen molar-refractivity contribution in [2.75, 3.05) is 46.2 Å². The second-order valence-electron chi connectivity index (χ2n) is 3.08. The molecule has 0 spiro atoms. The number of carbonyl (C=O) groups is 1. The first kappa shape index (κ1) is 24.4. The average molecular weight is 307 g/mol. The van der Waals surface area contributed by atoms with Crippen LogP contribution in [0, 0.1) is 0 Å². The predicted octanol–water partition coefficient (Wildman–Crippen LogP) is -0.00660. The van der Waals surface area contributed by atoms with Gasteiger partial charge in [-0.05, 0) is 13.8 Å². The fraction of sp³-hybridized carbons (Fsp3) is 0.692. The van der Waals surface area contributed by atoms with Gasteiger partial charge in [0.05, 0.1) is 39.6 Å². The van der Waals surface area contributed by atoms with Gasteiger partial charge in [0, 0.05) is 12.6 Å². The molecule has 8 heteroatoms. The van der Waals surface area contributed by atoms with Crippen molar-refractivity contribution in [2.45, 2.75) is 13.8 Å². The Hall–Kier alpha value is -1.57. The minimum Gasteiger partial charge on any atom is -0.478 e. The molecule has 0 aromatic carbocycles. The molecule has 0 radical (unpaired) electrons. The Morgan fingerprint density at radius 3 is 1.76 bits per heavy atom. The molecule has 0 bridgehead atoms. The van der Waals surface area contributed by atoms with E-state index in [-0.39, 0.29) is 13.2 Å². The number of hydrogen-bond donors (Lipinski definition) is 3. The van der Waals surface area contributed by atoms with Crippen molar-refractivity contribution in [1.82, 2.24) is 0 Å². The van der Waals surface area contributed by atoms with E-state index < -0.39 is 5.97 Å². The molecule has 0 rings (SSSR count). The molecule has 0 aromatic rings. The molecule has 0 saturated heterocycles. The van der Waals surface area contributed by atoms with E-state index in [1.54, 1.807) is 13.8 Å². The van der Waals surface area contributed by atoms with Gasteiger partial charge < -0.3 is 24.8 Å². The van der Waals surface area contributed by atoms with Crippen LogP contribution in [0.25, 0.3) is 0 Å². The third kappa shape index (κ3) is 45.7. The molecular formula is C13H25NO7. The summed E-state index contributed by atoms with van der Waals surface area (Å²) in [7, 11) is 0. The third-order valence-electron chi connectivity index (χ3n) is 1.38. The van der Waals surface area contributed by atoms with Crippen LogP contribution in [0.5, 0.6) is 0 Å². The number of isocyanates is 1. The average Bonchev–Trinajstić information content (AvgIpc) is 2.45. The van der Waals surface area contributed by atoms with E-state index in [4.69, 9.17) is 29.6 Å². The van der Waals surface area contributed by atoms with Crippen LogP contribution in [0.3, 0.4) is 0 Å². The number of carboxylic acids is 1. The SMILES string of the molecule is C/C=C/C(=O)O.CCN=C=O.OCCOCCOCCO. The number of nitrogens with zero attached hydrogens (tertiary/aromatic N) is 1. The van der Waals surface area contributed by atoms with E-state index in [2.05, 4.69) is 4.99 Å². The zero-order chi connectivity index (χ0) is 16.8. The first-order valence-corrected chi connectivity index (χ1v) is 6.37. The van der Waals surface area contributed by atoms with E-state index in [1.165, 1.54) is 12.2 Å². The summed E-state index contributed by atoms with van der Waals surface area (Å²) < 4.78 is 9.75. The Balaban J connectivity index is -0.000000252. The highest BCUT2D eigenvalue weighted by atomic mass is 16.5. The number of aliphatic hydroxyl groups excluding tert-OH is 2. The molecule has 0 aliphatic carbocycles. The summed E-state index contributed by atoms with van der Waals surface area (Å²) in [5.41, 5.74) is 0. The summed E-state index contributed by atoms with van der Waals surface area (Å²) in [5, 5.41) is 24.4. The van der Waals surface area contributed by atoms with Gasteiger partial charge in [0.2, 0.25) is 6.08 Å². The molecule has 0 amide bonds. The molecule has 0 saturated carbocycles. The lowest BCUT2D eigenvalue weighted by Gasteiger charge is -2.01. The lowest BCUT2D eigenvalue weighted by molar-refractivity contribution is -0.131. The largest absolute Gasteiger partial charge is 0.478 e. The third-order valence-corrected chi connectivity index (χ3v) is 1.38. The van der Waals surface area contributed by atoms with Crippen LogP contribution >= 0.6 is 0 Å². The second-order valence-corrected chi connectivity index (χ2v) is 3.08.